The maximum Gasteiger partial charge on any atom is 0.235 e. The third-order valence-electron chi connectivity index (χ3n) is 8.63. The first kappa shape index (κ1) is 26.1. The summed E-state index contributed by atoms with van der Waals surface area (Å²) in [7, 11) is 0. The highest BCUT2D eigenvalue weighted by molar-refractivity contribution is 6.36. The van der Waals surface area contributed by atoms with Gasteiger partial charge in [0.1, 0.15) is 9.75 Å². The first-order valence-electron chi connectivity index (χ1n) is 13.6. The largest absolute Gasteiger partial charge is 0.326 e. The molecular formula is C32H30Cl2N2O3. The van der Waals surface area contributed by atoms with E-state index < -0.39 is 21.6 Å². The Labute approximate surface area is 238 Å². The number of imide groups is 1. The molecule has 4 aliphatic rings. The van der Waals surface area contributed by atoms with E-state index in [0.717, 1.165) is 39.9 Å². The zero-order chi connectivity index (χ0) is 27.4. The summed E-state index contributed by atoms with van der Waals surface area (Å²) < 4.78 is 0. The summed E-state index contributed by atoms with van der Waals surface area (Å²) in [5, 5.41) is 3.00. The Morgan fingerprint density at radius 1 is 0.769 bits per heavy atom. The van der Waals surface area contributed by atoms with Crippen molar-refractivity contribution in [1.82, 2.24) is 4.90 Å². The number of unbranched alkanes of at least 4 members (excludes halogenated alkanes) is 2. The molecule has 2 atom stereocenters. The molecule has 3 aromatic carbocycles. The van der Waals surface area contributed by atoms with Crippen molar-refractivity contribution in [3.63, 3.8) is 0 Å². The third-order valence-corrected chi connectivity index (χ3v) is 9.92. The molecule has 5 nitrogen and oxygen atoms in total. The van der Waals surface area contributed by atoms with E-state index in [0.29, 0.717) is 25.7 Å². The van der Waals surface area contributed by atoms with E-state index in [-0.39, 0.29) is 24.3 Å². The van der Waals surface area contributed by atoms with Crippen LogP contribution in [0.4, 0.5) is 5.69 Å². The Morgan fingerprint density at radius 3 is 1.77 bits per heavy atom. The highest BCUT2D eigenvalue weighted by atomic mass is 35.5. The van der Waals surface area contributed by atoms with Crippen molar-refractivity contribution in [3.05, 3.63) is 101 Å². The normalized spacial score (nSPS) is 26.3. The molecule has 7 heteroatoms. The number of benzene rings is 3. The zero-order valence-electron chi connectivity index (χ0n) is 21.8. The number of aryl methyl sites for hydroxylation is 1. The molecule has 1 N–H and O–H groups in total. The van der Waals surface area contributed by atoms with Crippen LogP contribution < -0.4 is 5.32 Å². The molecule has 3 amide bonds. The quantitative estimate of drug-likeness (QED) is 0.198. The Bertz CT molecular complexity index is 1360. The average Bonchev–Trinajstić information content (AvgIpc) is 3.22. The molecule has 39 heavy (non-hydrogen) atoms. The minimum Gasteiger partial charge on any atom is -0.326 e. The number of para-hydroxylation sites is 1. The minimum atomic E-state index is -1.15. The van der Waals surface area contributed by atoms with Gasteiger partial charge in [0.25, 0.3) is 0 Å². The summed E-state index contributed by atoms with van der Waals surface area (Å²) in [6, 6.07) is 23.1. The fourth-order valence-electron chi connectivity index (χ4n) is 6.84. The number of alkyl halides is 2. The fourth-order valence-corrected chi connectivity index (χ4v) is 7.94. The summed E-state index contributed by atoms with van der Waals surface area (Å²) >= 11 is 14.9. The molecular weight excluding hydrogens is 531 g/mol. The van der Waals surface area contributed by atoms with Crippen molar-refractivity contribution in [2.45, 2.75) is 48.8 Å². The van der Waals surface area contributed by atoms with E-state index in [9.17, 15) is 14.4 Å². The van der Waals surface area contributed by atoms with Crippen LogP contribution in [0.25, 0.3) is 0 Å². The van der Waals surface area contributed by atoms with Gasteiger partial charge in [-0.3, -0.25) is 19.3 Å². The standard InChI is InChI=1S/C32H30Cl2N2O3/c1-2-20-12-5-10-17-25(20)35-26(37)18-4-3-11-19-36-29(38)27-28(30(36)39)32(34)22-14-7-6-13-21(22)31(27,33)23-15-8-9-16-24(23)32/h5-10,12-17,27-28H,2-4,11,18-19H2,1H3,(H,35,37)/t27-,28+,31?,32?. The molecule has 200 valence electrons. The number of hydrogen-bond donors (Lipinski definition) is 1. The molecule has 0 unspecified atom stereocenters. The van der Waals surface area contributed by atoms with Crippen LogP contribution in [0, 0.1) is 11.8 Å². The van der Waals surface area contributed by atoms with Crippen LogP contribution in [0.15, 0.2) is 72.8 Å². The molecule has 0 spiro atoms. The molecule has 1 heterocycles. The number of nitrogens with one attached hydrogen (secondary N) is 1. The van der Waals surface area contributed by atoms with Crippen molar-refractivity contribution in [3.8, 4) is 0 Å². The smallest absolute Gasteiger partial charge is 0.235 e. The topological polar surface area (TPSA) is 66.5 Å². The monoisotopic (exact) mass is 560 g/mol. The zero-order valence-corrected chi connectivity index (χ0v) is 23.3. The van der Waals surface area contributed by atoms with E-state index in [1.54, 1.807) is 0 Å². The van der Waals surface area contributed by atoms with Gasteiger partial charge in [-0.25, -0.2) is 0 Å². The number of rotatable bonds is 8. The Kier molecular flexibility index (Phi) is 6.55. The average molecular weight is 562 g/mol. The molecule has 0 saturated carbocycles. The van der Waals surface area contributed by atoms with E-state index >= 15 is 0 Å². The van der Waals surface area contributed by atoms with Gasteiger partial charge in [-0.2, -0.15) is 0 Å². The maximum atomic E-state index is 13.8. The fraction of sp³-hybridized carbons (Fsp3) is 0.344. The summed E-state index contributed by atoms with van der Waals surface area (Å²) in [5.41, 5.74) is 5.18. The van der Waals surface area contributed by atoms with Gasteiger partial charge in [0.05, 0.1) is 11.8 Å². The Morgan fingerprint density at radius 2 is 1.26 bits per heavy atom. The van der Waals surface area contributed by atoms with E-state index in [4.69, 9.17) is 23.2 Å². The van der Waals surface area contributed by atoms with Gasteiger partial charge >= 0.3 is 0 Å². The lowest BCUT2D eigenvalue weighted by Gasteiger charge is -2.54. The number of likely N-dealkylation sites (tertiary alicyclic amines) is 1. The minimum absolute atomic E-state index is 0.0319. The highest BCUT2D eigenvalue weighted by Gasteiger charge is 2.72. The molecule has 1 aliphatic heterocycles. The van der Waals surface area contributed by atoms with Crippen LogP contribution in [-0.2, 0) is 30.6 Å². The van der Waals surface area contributed by atoms with E-state index in [1.165, 1.54) is 4.90 Å². The lowest BCUT2D eigenvalue weighted by atomic mass is 9.54. The Balaban J connectivity index is 1.16. The third kappa shape index (κ3) is 3.77. The Hall–Kier alpha value is -3.15. The lowest BCUT2D eigenvalue weighted by Crippen LogP contribution is -2.57. The lowest BCUT2D eigenvalue weighted by molar-refractivity contribution is -0.140. The predicted octanol–water partition coefficient (Wildman–Crippen LogP) is 6.34. The number of carbonyl (C=O) groups excluding carboxylic acids is 3. The van der Waals surface area contributed by atoms with E-state index in [1.807, 2.05) is 72.8 Å². The van der Waals surface area contributed by atoms with Gasteiger partial charge in [0, 0.05) is 18.7 Å². The SMILES string of the molecule is CCc1ccccc1NC(=O)CCCCCN1C(=O)[C@@H]2[C@H](C1=O)C1(Cl)c3ccccc3C2(Cl)c2ccccc21. The molecule has 0 aromatic heterocycles. The van der Waals surface area contributed by atoms with Crippen molar-refractivity contribution in [1.29, 1.82) is 0 Å². The van der Waals surface area contributed by atoms with Crippen molar-refractivity contribution in [2.75, 3.05) is 11.9 Å². The first-order valence-corrected chi connectivity index (χ1v) is 14.4. The summed E-state index contributed by atoms with van der Waals surface area (Å²) in [5.74, 6) is -2.09. The van der Waals surface area contributed by atoms with Crippen LogP contribution in [0.5, 0.6) is 0 Å². The molecule has 2 bridgehead atoms. The molecule has 3 aromatic rings. The summed E-state index contributed by atoms with van der Waals surface area (Å²) in [6.45, 7) is 2.35. The van der Waals surface area contributed by atoms with Crippen LogP contribution in [0.2, 0.25) is 0 Å². The van der Waals surface area contributed by atoms with Gasteiger partial charge in [0.2, 0.25) is 17.7 Å². The second kappa shape index (κ2) is 9.79. The summed E-state index contributed by atoms with van der Waals surface area (Å²) in [4.78, 5) is 39.2. The molecule has 3 aliphatic carbocycles. The van der Waals surface area contributed by atoms with E-state index in [2.05, 4.69) is 12.2 Å². The number of hydrogen-bond acceptors (Lipinski definition) is 3. The second-order valence-corrected chi connectivity index (χ2v) is 11.9. The van der Waals surface area contributed by atoms with Gasteiger partial charge in [-0.1, -0.05) is 80.1 Å². The highest BCUT2D eigenvalue weighted by Crippen LogP contribution is 2.69. The van der Waals surface area contributed by atoms with Gasteiger partial charge in [0.15, 0.2) is 0 Å². The van der Waals surface area contributed by atoms with Crippen LogP contribution in [-0.4, -0.2) is 29.2 Å². The number of carbonyl (C=O) groups is 3. The number of amides is 3. The van der Waals surface area contributed by atoms with Gasteiger partial charge in [-0.15, -0.1) is 23.2 Å². The number of halogens is 2. The molecule has 0 radical (unpaired) electrons. The van der Waals surface area contributed by atoms with Crippen LogP contribution in [0.3, 0.4) is 0 Å². The summed E-state index contributed by atoms with van der Waals surface area (Å²) in [6.07, 6.45) is 3.22. The van der Waals surface area contributed by atoms with Gasteiger partial charge < -0.3 is 5.32 Å². The molecule has 1 fully saturated rings. The van der Waals surface area contributed by atoms with Crippen molar-refractivity contribution >= 4 is 46.6 Å². The van der Waals surface area contributed by atoms with Crippen LogP contribution in [0.1, 0.15) is 60.4 Å². The number of anilines is 1. The molecule has 1 saturated heterocycles. The second-order valence-electron chi connectivity index (χ2n) is 10.7. The maximum absolute atomic E-state index is 13.8. The molecule has 7 rings (SSSR count). The van der Waals surface area contributed by atoms with Crippen molar-refractivity contribution in [2.24, 2.45) is 11.8 Å². The van der Waals surface area contributed by atoms with Crippen molar-refractivity contribution < 1.29 is 14.4 Å². The first-order chi connectivity index (χ1) is 18.8. The van der Waals surface area contributed by atoms with Gasteiger partial charge in [-0.05, 0) is 53.1 Å². The predicted molar refractivity (Wildman–Crippen MR) is 153 cm³/mol. The van der Waals surface area contributed by atoms with Crippen LogP contribution >= 0.6 is 23.2 Å². The number of nitrogens with zero attached hydrogens (tertiary/aromatic N) is 1.